The number of hydrogen-bond acceptors (Lipinski definition) is 6. The van der Waals surface area contributed by atoms with E-state index in [1.54, 1.807) is 0 Å². The van der Waals surface area contributed by atoms with Crippen molar-refractivity contribution in [3.05, 3.63) is 0 Å². The summed E-state index contributed by atoms with van der Waals surface area (Å²) < 4.78 is 6.36. The van der Waals surface area contributed by atoms with Gasteiger partial charge in [0.05, 0.1) is 12.1 Å². The standard InChI is InChI=1S/C25H36N4O3/c26-13-18-7-17-8-20(17)29(18)22(30)21(27)24-9-15-6-16(10-24)12-25(11-15,14-24)32-23(31)19-4-2-1-3-5-28-19/h15-21,28H,1-12,14,27H2. The third kappa shape index (κ3) is 3.28. The highest BCUT2D eigenvalue weighted by Gasteiger charge is 2.64. The van der Waals surface area contributed by atoms with Crippen LogP contribution in [0.4, 0.5) is 0 Å². The number of nitrogens with zero attached hydrogens (tertiary/aromatic N) is 2. The van der Waals surface area contributed by atoms with Crippen LogP contribution in [-0.2, 0) is 14.3 Å². The second-order valence-electron chi connectivity index (χ2n) is 12.0. The van der Waals surface area contributed by atoms with Gasteiger partial charge in [-0.2, -0.15) is 5.26 Å². The molecule has 1 amide bonds. The minimum atomic E-state index is -0.599. The molecule has 32 heavy (non-hydrogen) atoms. The van der Waals surface area contributed by atoms with E-state index < -0.39 is 11.6 Å². The summed E-state index contributed by atoms with van der Waals surface area (Å²) in [5.74, 6) is 1.31. The third-order valence-corrected chi connectivity index (χ3v) is 9.65. The summed E-state index contributed by atoms with van der Waals surface area (Å²) in [6, 6.07) is 1.43. The van der Waals surface area contributed by atoms with Crippen molar-refractivity contribution in [1.29, 1.82) is 5.26 Å². The Morgan fingerprint density at radius 1 is 1.09 bits per heavy atom. The van der Waals surface area contributed by atoms with Crippen LogP contribution in [0.2, 0.25) is 0 Å². The van der Waals surface area contributed by atoms with Crippen molar-refractivity contribution in [2.24, 2.45) is 28.9 Å². The van der Waals surface area contributed by atoms with Gasteiger partial charge in [-0.25, -0.2) is 0 Å². The fourth-order valence-electron chi connectivity index (χ4n) is 8.56. The molecule has 7 unspecified atom stereocenters. The zero-order valence-corrected chi connectivity index (χ0v) is 18.9. The maximum Gasteiger partial charge on any atom is 0.323 e. The third-order valence-electron chi connectivity index (χ3n) is 9.65. The van der Waals surface area contributed by atoms with Gasteiger partial charge in [0.1, 0.15) is 17.7 Å². The largest absolute Gasteiger partial charge is 0.458 e. The normalized spacial score (nSPS) is 47.3. The Morgan fingerprint density at radius 2 is 1.88 bits per heavy atom. The highest BCUT2D eigenvalue weighted by Crippen LogP contribution is 2.64. The molecule has 0 aromatic heterocycles. The molecule has 0 spiro atoms. The molecule has 4 bridgehead atoms. The molecule has 174 valence electrons. The Balaban J connectivity index is 1.22. The number of piperidine rings is 1. The van der Waals surface area contributed by atoms with Crippen molar-refractivity contribution >= 4 is 11.9 Å². The summed E-state index contributed by atoms with van der Waals surface area (Å²) in [4.78, 5) is 28.6. The van der Waals surface area contributed by atoms with Crippen molar-refractivity contribution in [2.75, 3.05) is 6.54 Å². The van der Waals surface area contributed by atoms with Crippen molar-refractivity contribution < 1.29 is 14.3 Å². The second-order valence-corrected chi connectivity index (χ2v) is 12.0. The molecule has 2 heterocycles. The molecule has 2 saturated heterocycles. The zero-order chi connectivity index (χ0) is 22.1. The van der Waals surface area contributed by atoms with E-state index in [1.165, 1.54) is 6.42 Å². The molecule has 5 aliphatic carbocycles. The van der Waals surface area contributed by atoms with Gasteiger partial charge in [0.25, 0.3) is 0 Å². The molecule has 0 aromatic rings. The first kappa shape index (κ1) is 20.9. The zero-order valence-electron chi connectivity index (χ0n) is 18.9. The van der Waals surface area contributed by atoms with Crippen molar-refractivity contribution in [3.63, 3.8) is 0 Å². The fraction of sp³-hybridized carbons (Fsp3) is 0.880. The number of likely N-dealkylation sites (tertiary alicyclic amines) is 1. The first-order valence-corrected chi connectivity index (χ1v) is 12.9. The average molecular weight is 441 g/mol. The minimum absolute atomic E-state index is 0.0320. The van der Waals surface area contributed by atoms with Crippen LogP contribution in [0.3, 0.4) is 0 Å². The number of nitriles is 1. The minimum Gasteiger partial charge on any atom is -0.458 e. The van der Waals surface area contributed by atoms with Crippen LogP contribution in [0.15, 0.2) is 0 Å². The van der Waals surface area contributed by atoms with Gasteiger partial charge >= 0.3 is 5.97 Å². The fourth-order valence-corrected chi connectivity index (χ4v) is 8.56. The number of carbonyl (C=O) groups excluding carboxylic acids is 2. The van der Waals surface area contributed by atoms with Gasteiger partial charge in [-0.05, 0) is 93.9 Å². The Kier molecular flexibility index (Phi) is 4.86. The van der Waals surface area contributed by atoms with Gasteiger partial charge in [-0.15, -0.1) is 0 Å². The summed E-state index contributed by atoms with van der Waals surface area (Å²) in [7, 11) is 0. The maximum atomic E-state index is 13.6. The number of ether oxygens (including phenoxy) is 1. The molecular weight excluding hydrogens is 404 g/mol. The second kappa shape index (κ2) is 7.43. The Morgan fingerprint density at radius 3 is 2.62 bits per heavy atom. The van der Waals surface area contributed by atoms with E-state index in [4.69, 9.17) is 10.5 Å². The molecule has 2 aliphatic heterocycles. The van der Waals surface area contributed by atoms with Gasteiger partial charge in [-0.1, -0.05) is 12.8 Å². The first-order chi connectivity index (χ1) is 15.4. The van der Waals surface area contributed by atoms with Crippen molar-refractivity contribution in [3.8, 4) is 6.07 Å². The smallest absolute Gasteiger partial charge is 0.323 e. The summed E-state index contributed by atoms with van der Waals surface area (Å²) in [6.45, 7) is 0.874. The van der Waals surface area contributed by atoms with E-state index in [0.717, 1.165) is 70.8 Å². The summed E-state index contributed by atoms with van der Waals surface area (Å²) in [5.41, 5.74) is 6.03. The number of carbonyl (C=O) groups is 2. The SMILES string of the molecule is N#CC1CC2CC2N1C(=O)C(N)C12CC3CC(CC(OC(=O)C4CCCCCN4)(C3)C1)C2. The Bertz CT molecular complexity index is 831. The number of nitrogens with one attached hydrogen (secondary N) is 1. The maximum absolute atomic E-state index is 13.6. The van der Waals surface area contributed by atoms with E-state index in [0.29, 0.717) is 24.2 Å². The predicted molar refractivity (Wildman–Crippen MR) is 117 cm³/mol. The molecule has 3 N–H and O–H groups in total. The first-order valence-electron chi connectivity index (χ1n) is 12.9. The van der Waals surface area contributed by atoms with Crippen molar-refractivity contribution in [2.45, 2.75) is 107 Å². The van der Waals surface area contributed by atoms with E-state index in [1.807, 2.05) is 4.90 Å². The van der Waals surface area contributed by atoms with Gasteiger partial charge in [-0.3, -0.25) is 9.59 Å². The van der Waals surface area contributed by atoms with Crippen LogP contribution in [0.25, 0.3) is 0 Å². The number of nitrogens with two attached hydrogens (primary N) is 1. The van der Waals surface area contributed by atoms with Crippen LogP contribution in [-0.4, -0.2) is 53.1 Å². The lowest BCUT2D eigenvalue weighted by molar-refractivity contribution is -0.207. The lowest BCUT2D eigenvalue weighted by Gasteiger charge is -2.62. The summed E-state index contributed by atoms with van der Waals surface area (Å²) in [5, 5.41) is 13.0. The highest BCUT2D eigenvalue weighted by molar-refractivity contribution is 5.84. The monoisotopic (exact) mass is 440 g/mol. The van der Waals surface area contributed by atoms with Crippen LogP contribution < -0.4 is 11.1 Å². The highest BCUT2D eigenvalue weighted by atomic mass is 16.6. The predicted octanol–water partition coefficient (Wildman–Crippen LogP) is 2.24. The summed E-state index contributed by atoms with van der Waals surface area (Å²) in [6.07, 6.45) is 11.6. The van der Waals surface area contributed by atoms with Gasteiger partial charge < -0.3 is 20.7 Å². The molecule has 7 nitrogen and oxygen atoms in total. The van der Waals surface area contributed by atoms with Crippen molar-refractivity contribution in [1.82, 2.24) is 10.2 Å². The lowest BCUT2D eigenvalue weighted by atomic mass is 9.46. The van der Waals surface area contributed by atoms with Crippen LogP contribution in [0, 0.1) is 34.5 Å². The molecule has 5 saturated carbocycles. The molecule has 7 heteroatoms. The topological polar surface area (TPSA) is 108 Å². The average Bonchev–Trinajstić information content (AvgIpc) is 3.49. The Labute approximate surface area is 190 Å². The molecule has 7 atom stereocenters. The molecular formula is C25H36N4O3. The van der Waals surface area contributed by atoms with Crippen LogP contribution in [0.5, 0.6) is 0 Å². The molecule has 7 aliphatic rings. The van der Waals surface area contributed by atoms with Gasteiger partial charge in [0, 0.05) is 6.04 Å². The molecule has 0 aromatic carbocycles. The van der Waals surface area contributed by atoms with E-state index in [2.05, 4.69) is 11.4 Å². The number of rotatable bonds is 4. The molecule has 7 rings (SSSR count). The van der Waals surface area contributed by atoms with Crippen LogP contribution >= 0.6 is 0 Å². The molecule has 7 fully saturated rings. The Hall–Kier alpha value is -1.65. The van der Waals surface area contributed by atoms with Crippen LogP contribution in [0.1, 0.15) is 77.0 Å². The quantitative estimate of drug-likeness (QED) is 0.649. The van der Waals surface area contributed by atoms with Gasteiger partial charge in [0.2, 0.25) is 5.91 Å². The lowest BCUT2D eigenvalue weighted by Crippen LogP contribution is -2.66. The number of esters is 1. The van der Waals surface area contributed by atoms with E-state index in [9.17, 15) is 14.9 Å². The molecule has 0 radical (unpaired) electrons. The number of amides is 1. The summed E-state index contributed by atoms with van der Waals surface area (Å²) >= 11 is 0. The number of hydrogen-bond donors (Lipinski definition) is 2. The number of fused-ring (bicyclic) bond motifs is 1. The van der Waals surface area contributed by atoms with Gasteiger partial charge in [0.15, 0.2) is 0 Å². The van der Waals surface area contributed by atoms with E-state index >= 15 is 0 Å². The van der Waals surface area contributed by atoms with E-state index in [-0.39, 0.29) is 35.4 Å².